The highest BCUT2D eigenvalue weighted by molar-refractivity contribution is 6.20. The lowest BCUT2D eigenvalue weighted by Gasteiger charge is -2.43. The van der Waals surface area contributed by atoms with Gasteiger partial charge >= 0.3 is 0 Å². The smallest absolute Gasteiger partial charge is 0.232 e. The van der Waals surface area contributed by atoms with Crippen molar-refractivity contribution in [3.63, 3.8) is 0 Å². The minimum Gasteiger partial charge on any atom is -0.232 e. The third kappa shape index (κ3) is 11.4. The van der Waals surface area contributed by atoms with E-state index in [1.165, 1.54) is 12.1 Å². The van der Waals surface area contributed by atoms with Gasteiger partial charge in [0.2, 0.25) is 0 Å². The molecular formula is C131H141N10+5. The summed E-state index contributed by atoms with van der Waals surface area (Å²) in [7, 11) is 9.26. The SMILES string of the molecule is [2H]C([2H])([2H])C1(C([2H])([2H])[2H])c2c(-c3ccccc3)[n+](C)c3c4c(C)cccc4c4c(C)ccc(c4n23)C1(C)C.[2H]C([2H])([2H])C1(C([2H])([2H])[2H])c2c[n+](C)c3c4c(C)cccc4c4c(C)ccc(c4n23)C1(C)C.[2H]C([2H])([2H])C1(C([2H])([2H])[2H])c2c[n+](C)c3c4c(C)cccc4c4cccc(c4n23)C1(C)C.[2H]C([2H])([2H])c1ccc2c3c1c1cccc(C)c1c1n3c(c(-c3ccccc3)[n+]1C)C(C([2H])([2H])[2H])(C([2H])([2H])[2H])C2(C)C.[2H]C([2H])([2H])c1ccc2c3c1c1cccc(C)c1c1n3c(c[n+]1C)C(C([2H])([2H])[2H])(C([2H])([2H])[2H])C2(C)C. The lowest BCUT2D eigenvalue weighted by molar-refractivity contribution is -0.644. The molecule has 5 aliphatic rings. The van der Waals surface area contributed by atoms with Crippen molar-refractivity contribution in [1.29, 1.82) is 0 Å². The molecule has 27 rings (SSSR count). The molecule has 0 aliphatic carbocycles. The fourth-order valence-corrected chi connectivity index (χ4v) is 25.5. The van der Waals surface area contributed by atoms with Gasteiger partial charge in [0.1, 0.15) is 46.2 Å². The number of nitrogens with zero attached hydrogens (tertiary/aromatic N) is 10. The summed E-state index contributed by atoms with van der Waals surface area (Å²) in [6.45, 7) is -1.94. The number of hydrogen-bond donors (Lipinski definition) is 0. The molecule has 0 bridgehead atoms. The van der Waals surface area contributed by atoms with E-state index >= 15 is 0 Å². The summed E-state index contributed by atoms with van der Waals surface area (Å²) in [6, 6.07) is 68.7. The minimum absolute atomic E-state index is 0.142. The van der Waals surface area contributed by atoms with Crippen molar-refractivity contribution in [2.24, 2.45) is 35.2 Å². The molecule has 0 saturated carbocycles. The van der Waals surface area contributed by atoms with Crippen LogP contribution in [0.3, 0.4) is 0 Å². The predicted molar refractivity (Wildman–Crippen MR) is 592 cm³/mol. The highest BCUT2D eigenvalue weighted by Gasteiger charge is 2.58. The van der Waals surface area contributed by atoms with Crippen molar-refractivity contribution in [2.45, 2.75) is 254 Å². The average molecular weight is 1890 g/mol. The molecule has 0 amide bonds. The Morgan fingerprint density at radius 1 is 0.213 bits per heavy atom. The summed E-state index contributed by atoms with van der Waals surface area (Å²) >= 11 is 0. The number of para-hydroxylation sites is 1. The topological polar surface area (TPSA) is 41.4 Å². The van der Waals surface area contributed by atoms with Gasteiger partial charge in [0.05, 0.1) is 62.2 Å². The Morgan fingerprint density at radius 3 is 0.780 bits per heavy atom. The number of aromatic nitrogens is 10. The van der Waals surface area contributed by atoms with Crippen LogP contribution >= 0.6 is 0 Å². The number of hydrogen-bond acceptors (Lipinski definition) is 0. The molecule has 15 heterocycles. The number of aryl methyl sites for hydroxylation is 14. The van der Waals surface area contributed by atoms with E-state index in [-0.39, 0.29) is 22.5 Å². The second-order valence-electron chi connectivity index (χ2n) is 43.6. The van der Waals surface area contributed by atoms with E-state index in [0.29, 0.717) is 78.3 Å². The molecule has 141 heavy (non-hydrogen) atoms. The lowest BCUT2D eigenvalue weighted by Crippen LogP contribution is -2.44. The Labute approximate surface area is 882 Å². The van der Waals surface area contributed by atoms with Crippen LogP contribution < -0.4 is 22.8 Å². The Balaban J connectivity index is 0.000000117. The van der Waals surface area contributed by atoms with Crippen LogP contribution in [0.4, 0.5) is 0 Å². The minimum atomic E-state index is -2.97. The van der Waals surface area contributed by atoms with Crippen LogP contribution in [0.1, 0.15) is 293 Å². The third-order valence-corrected chi connectivity index (χ3v) is 34.1. The molecular weight excluding hydrogens is 1710 g/mol. The zero-order chi connectivity index (χ0) is 130. The normalized spacial score (nSPS) is 22.0. The summed E-state index contributed by atoms with van der Waals surface area (Å²) in [4.78, 5) is 0. The molecule has 0 N–H and O–H groups in total. The van der Waals surface area contributed by atoms with Crippen molar-refractivity contribution < 1.29 is 72.2 Å². The van der Waals surface area contributed by atoms with E-state index in [2.05, 4.69) is 45.0 Å². The molecule has 5 aliphatic heterocycles. The van der Waals surface area contributed by atoms with E-state index in [4.69, 9.17) is 49.3 Å². The van der Waals surface area contributed by atoms with Crippen LogP contribution in [0.5, 0.6) is 0 Å². The first kappa shape index (κ1) is 59.4. The summed E-state index contributed by atoms with van der Waals surface area (Å²) < 4.78 is 331. The fraction of sp³-hybridized carbons (Fsp3) is 0.336. The number of pyridine rings is 5. The molecule has 0 unspecified atom stereocenters. The Hall–Kier alpha value is -13.3. The Morgan fingerprint density at radius 2 is 0.461 bits per heavy atom. The molecule has 710 valence electrons. The highest BCUT2D eigenvalue weighted by atomic mass is 15.2. The first-order valence-electron chi connectivity index (χ1n) is 66.5. The van der Waals surface area contributed by atoms with E-state index in [0.717, 1.165) is 165 Å². The molecule has 0 saturated heterocycles. The largest absolute Gasteiger partial charge is 0.295 e. The van der Waals surface area contributed by atoms with Crippen LogP contribution in [0.15, 0.2) is 237 Å². The highest BCUT2D eigenvalue weighted by Crippen LogP contribution is 2.60. The Kier molecular flexibility index (Phi) is 12.5. The first-order valence-corrected chi connectivity index (χ1v) is 48.5. The molecule has 0 spiro atoms. The van der Waals surface area contributed by atoms with Gasteiger partial charge in [-0.1, -0.05) is 356 Å². The standard InChI is InChI=1S/2C30H31N2.2C24H27N2.C23H25N2/c2*1-18-12-11-15-21-23-19(2)16-17-22-26(23)32-27(30(5,6)29(22,3)4)25(20-13-9-8-10-14-20)31(7)28(32)24(18)21;2*1-14-9-8-10-16-19-15(2)11-12-17-21(19)26-18(24(5,6)23(17,3)4)13-25(7)22(26)20(14)16;1-14-9-7-10-15-16-11-8-12-17-20(16)25-18(23(4,5)22(17,2)3)13-24(6)21(25)19(14)15/h2*8-17H,1-7H3;2*8-13H,1-7H3;7-13H,1-6H3/q5*+1/i2D3,5D3,6D3;5D3,6D3;2D3,5D3,6D3;5D3,6D3;4D3,5D3. The molecule has 10 heteroatoms. The summed E-state index contributed by atoms with van der Waals surface area (Å²) in [5, 5.41) is 13.3. The molecule has 0 radical (unpaired) electrons. The van der Waals surface area contributed by atoms with Crippen LogP contribution in [0.25, 0.3) is 159 Å². The quantitative estimate of drug-likeness (QED) is 0.122. The van der Waals surface area contributed by atoms with Gasteiger partial charge in [-0.2, -0.15) is 22.0 Å². The van der Waals surface area contributed by atoms with Gasteiger partial charge in [-0.05, 0) is 112 Å². The van der Waals surface area contributed by atoms with Crippen LogP contribution in [-0.2, 0) is 89.4 Å². The van der Waals surface area contributed by atoms with Crippen molar-refractivity contribution in [2.75, 3.05) is 0 Å². The predicted octanol–water partition coefficient (Wildman–Crippen LogP) is 29.3. The fourth-order valence-electron chi connectivity index (χ4n) is 25.5. The zero-order valence-corrected chi connectivity index (χ0v) is 84.0. The molecule has 10 nitrogen and oxygen atoms in total. The number of fused-ring (bicyclic) bond motifs is 15. The summed E-state index contributed by atoms with van der Waals surface area (Å²) in [5.74, 6) is 0. The maximum atomic E-state index is 8.96. The summed E-state index contributed by atoms with van der Waals surface area (Å²) in [5.41, 5.74) is 4.49. The second-order valence-corrected chi connectivity index (χ2v) is 43.6. The van der Waals surface area contributed by atoms with Gasteiger partial charge < -0.3 is 0 Å². The van der Waals surface area contributed by atoms with E-state index < -0.39 is 136 Å². The van der Waals surface area contributed by atoms with Crippen molar-refractivity contribution in [3.8, 4) is 22.5 Å². The first-order chi connectivity index (χ1) is 81.4. The van der Waals surface area contributed by atoms with Crippen molar-refractivity contribution >= 4 is 137 Å². The van der Waals surface area contributed by atoms with Gasteiger partial charge in [-0.15, -0.1) is 0 Å². The maximum absolute atomic E-state index is 8.96. The number of imidazole rings is 5. The van der Waals surface area contributed by atoms with Crippen molar-refractivity contribution in [3.05, 3.63) is 343 Å². The van der Waals surface area contributed by atoms with Gasteiger partial charge in [-0.25, -0.2) is 22.8 Å². The van der Waals surface area contributed by atoms with E-state index in [9.17, 15) is 0 Å². The summed E-state index contributed by atoms with van der Waals surface area (Å²) in [6.07, 6.45) is 5.05. The van der Waals surface area contributed by atoms with Crippen LogP contribution in [-0.4, -0.2) is 22.0 Å². The molecule has 10 aromatic heterocycles. The molecule has 0 fully saturated rings. The monoisotopic (exact) mass is 1890 g/mol. The van der Waals surface area contributed by atoms with Crippen LogP contribution in [0, 0.1) is 62.2 Å². The van der Waals surface area contributed by atoms with Gasteiger partial charge in [0.25, 0.3) is 28.2 Å². The Bertz CT molecular complexity index is 10900. The number of rotatable bonds is 2. The number of benzene rings is 12. The van der Waals surface area contributed by atoms with Gasteiger partial charge in [0, 0.05) is 196 Å². The molecule has 12 aromatic carbocycles. The maximum Gasteiger partial charge on any atom is 0.295 e. The third-order valence-electron chi connectivity index (χ3n) is 34.1. The van der Waals surface area contributed by atoms with Crippen LogP contribution in [0.2, 0.25) is 0 Å². The van der Waals surface area contributed by atoms with Gasteiger partial charge in [0.15, 0.2) is 39.9 Å². The molecule has 22 aromatic rings. The van der Waals surface area contributed by atoms with E-state index in [1.54, 1.807) is 120 Å². The lowest BCUT2D eigenvalue weighted by atomic mass is 9.60. The zero-order valence-electron chi connectivity index (χ0n) is 120. The van der Waals surface area contributed by atoms with Gasteiger partial charge in [-0.3, -0.25) is 0 Å². The van der Waals surface area contributed by atoms with E-state index in [1.807, 2.05) is 257 Å². The second kappa shape index (κ2) is 29.7. The average Bonchev–Trinajstić information content (AvgIpc) is 1.54. The molecule has 0 atom stereocenters. The van der Waals surface area contributed by atoms with Crippen molar-refractivity contribution in [1.82, 2.24) is 22.0 Å².